The van der Waals surface area contributed by atoms with Crippen LogP contribution in [0.2, 0.25) is 5.15 Å². The first-order valence-corrected chi connectivity index (χ1v) is 6.81. The number of phenolic OH excluding ortho intramolecular Hbond substituents is 1. The van der Waals surface area contributed by atoms with Crippen molar-refractivity contribution < 1.29 is 9.84 Å². The van der Waals surface area contributed by atoms with E-state index >= 15 is 0 Å². The van der Waals surface area contributed by atoms with Gasteiger partial charge in [-0.05, 0) is 37.8 Å². The van der Waals surface area contributed by atoms with Gasteiger partial charge in [0.15, 0.2) is 10.9 Å². The molecule has 4 nitrogen and oxygen atoms in total. The number of halogens is 1. The third-order valence-corrected chi connectivity index (χ3v) is 3.70. The van der Waals surface area contributed by atoms with E-state index in [4.69, 9.17) is 16.3 Å². The average molecular weight is 279 g/mol. The Kier molecular flexibility index (Phi) is 3.34. The van der Waals surface area contributed by atoms with E-state index in [0.29, 0.717) is 16.6 Å². The van der Waals surface area contributed by atoms with Crippen LogP contribution >= 0.6 is 11.6 Å². The number of hydrogen-bond acceptors (Lipinski definition) is 3. The van der Waals surface area contributed by atoms with Crippen molar-refractivity contribution in [2.24, 2.45) is 0 Å². The smallest absolute Gasteiger partial charge is 0.177 e. The van der Waals surface area contributed by atoms with E-state index in [9.17, 15) is 5.11 Å². The Labute approximate surface area is 116 Å². The number of benzene rings is 1. The summed E-state index contributed by atoms with van der Waals surface area (Å²) < 4.78 is 7.42. The summed E-state index contributed by atoms with van der Waals surface area (Å²) in [6, 6.07) is 6.80. The predicted octanol–water partition coefficient (Wildman–Crippen LogP) is 3.55. The summed E-state index contributed by atoms with van der Waals surface area (Å²) in [6.07, 6.45) is 6.46. The van der Waals surface area contributed by atoms with Crippen molar-refractivity contribution in [3.63, 3.8) is 0 Å². The van der Waals surface area contributed by atoms with Crippen LogP contribution in [0, 0.1) is 0 Å². The van der Waals surface area contributed by atoms with Gasteiger partial charge < -0.3 is 9.84 Å². The summed E-state index contributed by atoms with van der Waals surface area (Å²) in [6.45, 7) is 0. The third-order valence-electron chi connectivity index (χ3n) is 3.35. The van der Waals surface area contributed by atoms with E-state index in [2.05, 4.69) is 5.10 Å². The van der Waals surface area contributed by atoms with Crippen LogP contribution in [0.1, 0.15) is 25.7 Å². The molecule has 19 heavy (non-hydrogen) atoms. The third kappa shape index (κ3) is 2.54. The Bertz CT molecular complexity index is 577. The molecule has 1 heterocycles. The van der Waals surface area contributed by atoms with Crippen LogP contribution in [0.4, 0.5) is 0 Å². The first kappa shape index (κ1) is 12.4. The van der Waals surface area contributed by atoms with Gasteiger partial charge in [-0.3, -0.25) is 0 Å². The van der Waals surface area contributed by atoms with Crippen molar-refractivity contribution in [2.45, 2.75) is 31.8 Å². The molecule has 1 aromatic carbocycles. The molecule has 5 heteroatoms. The maximum absolute atomic E-state index is 9.49. The summed E-state index contributed by atoms with van der Waals surface area (Å²) in [5, 5.41) is 14.1. The maximum atomic E-state index is 9.49. The van der Waals surface area contributed by atoms with Crippen molar-refractivity contribution in [1.82, 2.24) is 9.78 Å². The topological polar surface area (TPSA) is 47.3 Å². The lowest BCUT2D eigenvalue weighted by Gasteiger charge is -2.11. The number of rotatable bonds is 3. The highest BCUT2D eigenvalue weighted by atomic mass is 35.5. The standard InChI is InChI=1S/C14H15ClN2O2/c15-14-13(19-12-6-1-2-7-12)9-16-17(14)10-4-3-5-11(18)8-10/h3-5,8-9,12,18H,1-2,6-7H2. The molecule has 0 radical (unpaired) electrons. The molecule has 1 fully saturated rings. The lowest BCUT2D eigenvalue weighted by molar-refractivity contribution is 0.210. The molecule has 1 aliphatic carbocycles. The van der Waals surface area contributed by atoms with E-state index in [0.717, 1.165) is 12.8 Å². The van der Waals surface area contributed by atoms with Gasteiger partial charge in [0.1, 0.15) is 5.75 Å². The molecule has 1 saturated carbocycles. The minimum atomic E-state index is 0.183. The lowest BCUT2D eigenvalue weighted by Crippen LogP contribution is -2.10. The molecule has 0 saturated heterocycles. The van der Waals surface area contributed by atoms with E-state index in [-0.39, 0.29) is 11.9 Å². The van der Waals surface area contributed by atoms with E-state index in [1.54, 1.807) is 29.1 Å². The predicted molar refractivity (Wildman–Crippen MR) is 73.1 cm³/mol. The van der Waals surface area contributed by atoms with Crippen LogP contribution in [-0.2, 0) is 0 Å². The molecule has 0 atom stereocenters. The first-order chi connectivity index (χ1) is 9.24. The van der Waals surface area contributed by atoms with Crippen LogP contribution in [-0.4, -0.2) is 21.0 Å². The SMILES string of the molecule is Oc1cccc(-n2ncc(OC3CCCC3)c2Cl)c1. The first-order valence-electron chi connectivity index (χ1n) is 6.43. The Morgan fingerprint density at radius 3 is 2.84 bits per heavy atom. The number of ether oxygens (including phenoxy) is 1. The second kappa shape index (κ2) is 5.13. The largest absolute Gasteiger partial charge is 0.508 e. The second-order valence-corrected chi connectivity index (χ2v) is 5.11. The minimum Gasteiger partial charge on any atom is -0.508 e. The normalized spacial score (nSPS) is 15.8. The quantitative estimate of drug-likeness (QED) is 0.934. The monoisotopic (exact) mass is 278 g/mol. The summed E-state index contributed by atoms with van der Waals surface area (Å²) in [5.41, 5.74) is 0.714. The fourth-order valence-corrected chi connectivity index (χ4v) is 2.62. The zero-order valence-electron chi connectivity index (χ0n) is 10.4. The molecule has 1 aromatic heterocycles. The Morgan fingerprint density at radius 2 is 2.11 bits per heavy atom. The summed E-state index contributed by atoms with van der Waals surface area (Å²) in [4.78, 5) is 0. The fourth-order valence-electron chi connectivity index (χ4n) is 2.39. The summed E-state index contributed by atoms with van der Waals surface area (Å²) >= 11 is 6.28. The average Bonchev–Trinajstić information content (AvgIpc) is 3.01. The number of hydrogen-bond donors (Lipinski definition) is 1. The van der Waals surface area contributed by atoms with Gasteiger partial charge in [0.25, 0.3) is 0 Å². The highest BCUT2D eigenvalue weighted by Gasteiger charge is 2.20. The summed E-state index contributed by atoms with van der Waals surface area (Å²) in [5.74, 6) is 0.791. The number of aromatic nitrogens is 2. The van der Waals surface area contributed by atoms with Crippen molar-refractivity contribution in [2.75, 3.05) is 0 Å². The van der Waals surface area contributed by atoms with Gasteiger partial charge in [-0.15, -0.1) is 0 Å². The molecule has 1 N–H and O–H groups in total. The number of aromatic hydroxyl groups is 1. The van der Waals surface area contributed by atoms with Crippen LogP contribution in [0.15, 0.2) is 30.5 Å². The lowest BCUT2D eigenvalue weighted by atomic mass is 10.3. The molecule has 0 aliphatic heterocycles. The van der Waals surface area contributed by atoms with E-state index < -0.39 is 0 Å². The molecule has 100 valence electrons. The summed E-state index contributed by atoms with van der Waals surface area (Å²) in [7, 11) is 0. The highest BCUT2D eigenvalue weighted by molar-refractivity contribution is 6.31. The zero-order valence-corrected chi connectivity index (χ0v) is 11.2. The molecular weight excluding hydrogens is 264 g/mol. The van der Waals surface area contributed by atoms with Crippen LogP contribution in [0.3, 0.4) is 0 Å². The van der Waals surface area contributed by atoms with Crippen molar-refractivity contribution in [3.05, 3.63) is 35.6 Å². The number of nitrogens with zero attached hydrogens (tertiary/aromatic N) is 2. The molecule has 0 amide bonds. The molecule has 0 unspecified atom stereocenters. The Balaban J connectivity index is 1.85. The molecular formula is C14H15ClN2O2. The molecule has 0 bridgehead atoms. The number of phenols is 1. The minimum absolute atomic E-state index is 0.183. The zero-order chi connectivity index (χ0) is 13.2. The van der Waals surface area contributed by atoms with Crippen LogP contribution in [0.25, 0.3) is 5.69 Å². The Morgan fingerprint density at radius 1 is 1.32 bits per heavy atom. The van der Waals surface area contributed by atoms with E-state index in [1.165, 1.54) is 12.8 Å². The van der Waals surface area contributed by atoms with Gasteiger partial charge in [0.05, 0.1) is 18.0 Å². The molecule has 0 spiro atoms. The molecule has 3 rings (SSSR count). The fraction of sp³-hybridized carbons (Fsp3) is 0.357. The van der Waals surface area contributed by atoms with Crippen molar-refractivity contribution in [1.29, 1.82) is 0 Å². The van der Waals surface area contributed by atoms with Gasteiger partial charge in [-0.2, -0.15) is 5.10 Å². The van der Waals surface area contributed by atoms with Gasteiger partial charge >= 0.3 is 0 Å². The van der Waals surface area contributed by atoms with Crippen LogP contribution < -0.4 is 4.74 Å². The Hall–Kier alpha value is -1.68. The van der Waals surface area contributed by atoms with Gasteiger partial charge in [0, 0.05) is 6.07 Å². The molecule has 1 aliphatic rings. The maximum Gasteiger partial charge on any atom is 0.177 e. The second-order valence-electron chi connectivity index (χ2n) is 4.76. The van der Waals surface area contributed by atoms with Gasteiger partial charge in [0.2, 0.25) is 0 Å². The van der Waals surface area contributed by atoms with Gasteiger partial charge in [-0.1, -0.05) is 17.7 Å². The highest BCUT2D eigenvalue weighted by Crippen LogP contribution is 2.31. The van der Waals surface area contributed by atoms with Crippen molar-refractivity contribution >= 4 is 11.6 Å². The van der Waals surface area contributed by atoms with Gasteiger partial charge in [-0.25, -0.2) is 4.68 Å². The van der Waals surface area contributed by atoms with E-state index in [1.807, 2.05) is 6.07 Å². The van der Waals surface area contributed by atoms with Crippen molar-refractivity contribution in [3.8, 4) is 17.2 Å². The van der Waals surface area contributed by atoms with Crippen LogP contribution in [0.5, 0.6) is 11.5 Å². The molecule has 2 aromatic rings.